The van der Waals surface area contributed by atoms with E-state index in [0.717, 1.165) is 26.1 Å². The average molecular weight is 842 g/mol. The lowest BCUT2D eigenvalue weighted by Gasteiger charge is -2.30. The van der Waals surface area contributed by atoms with Gasteiger partial charge in [0.2, 0.25) is 0 Å². The van der Waals surface area contributed by atoms with Crippen molar-refractivity contribution in [1.29, 1.82) is 0 Å². The van der Waals surface area contributed by atoms with E-state index >= 15 is 0 Å². The molecule has 0 aliphatic heterocycles. The number of carbonyl (C=O) groups is 2. The molecule has 2 N–H and O–H groups in total. The van der Waals surface area contributed by atoms with Crippen LogP contribution >= 0.6 is 0 Å². The minimum atomic E-state index is -0.258. The minimum absolute atomic E-state index is 0.256. The topological polar surface area (TPSA) is 89.5 Å². The van der Waals surface area contributed by atoms with Crippen LogP contribution in [0.4, 0.5) is 0 Å². The molecule has 0 spiro atoms. The zero-order valence-corrected chi connectivity index (χ0v) is 40.6. The molecular weight excluding hydrogens is 743 g/mol. The fourth-order valence-electron chi connectivity index (χ4n) is 8.64. The van der Waals surface area contributed by atoms with Gasteiger partial charge in [0.05, 0.1) is 0 Å². The molecule has 0 saturated carbocycles. The molecule has 1 rings (SSSR count). The molecule has 0 fully saturated rings. The highest BCUT2D eigenvalue weighted by Gasteiger charge is 2.24. The summed E-state index contributed by atoms with van der Waals surface area (Å²) >= 11 is 0. The summed E-state index contributed by atoms with van der Waals surface area (Å²) in [5.74, 6) is 2.01. The maximum absolute atomic E-state index is 13.0. The Hall–Kier alpha value is -1.99. The maximum atomic E-state index is 13.0. The van der Waals surface area contributed by atoms with E-state index in [2.05, 4.69) is 57.2 Å². The highest BCUT2D eigenvalue weighted by Crippen LogP contribution is 2.30. The summed E-state index contributed by atoms with van der Waals surface area (Å²) in [6, 6.07) is 5.07. The molecule has 0 aliphatic rings. The molecule has 4 atom stereocenters. The SMILES string of the molecule is CCCCCCCCCCC(CCCCCCCC)COCCCNC(=O)c1cccc(C(=O)NCCCOCC(C(C)CCCCCC)C(C)CCCCCCCC)n1. The number of nitrogens with zero attached hydrogens (tertiary/aromatic N) is 1. The third-order valence-corrected chi connectivity index (χ3v) is 12.8. The van der Waals surface area contributed by atoms with Crippen molar-refractivity contribution in [3.63, 3.8) is 0 Å². The summed E-state index contributed by atoms with van der Waals surface area (Å²) in [6.07, 6.45) is 38.8. The maximum Gasteiger partial charge on any atom is 0.269 e. The Morgan fingerprint density at radius 1 is 0.483 bits per heavy atom. The molecule has 7 nitrogen and oxygen atoms in total. The highest BCUT2D eigenvalue weighted by molar-refractivity contribution is 5.96. The number of ether oxygens (including phenoxy) is 2. The number of hydrogen-bond donors (Lipinski definition) is 2. The van der Waals surface area contributed by atoms with E-state index in [9.17, 15) is 9.59 Å². The quantitative estimate of drug-likeness (QED) is 0.0639. The predicted molar refractivity (Wildman–Crippen MR) is 257 cm³/mol. The van der Waals surface area contributed by atoms with Crippen LogP contribution in [-0.2, 0) is 9.47 Å². The van der Waals surface area contributed by atoms with Gasteiger partial charge in [0.1, 0.15) is 11.4 Å². The largest absolute Gasteiger partial charge is 0.381 e. The second-order valence-corrected chi connectivity index (χ2v) is 18.5. The number of carbonyl (C=O) groups excluding carboxylic acids is 2. The summed E-state index contributed by atoms with van der Waals surface area (Å²) in [4.78, 5) is 30.3. The average Bonchev–Trinajstić information content (AvgIpc) is 3.26. The molecule has 0 aliphatic carbocycles. The molecule has 1 heterocycles. The fraction of sp³-hybridized carbons (Fsp3) is 0.868. The molecule has 0 saturated heterocycles. The molecule has 2 amide bonds. The summed E-state index contributed by atoms with van der Waals surface area (Å²) in [5, 5.41) is 5.96. The van der Waals surface area contributed by atoms with Gasteiger partial charge in [-0.05, 0) is 61.5 Å². The van der Waals surface area contributed by atoms with Crippen molar-refractivity contribution in [2.75, 3.05) is 39.5 Å². The zero-order chi connectivity index (χ0) is 43.7. The molecule has 0 radical (unpaired) electrons. The van der Waals surface area contributed by atoms with Crippen LogP contribution in [0.25, 0.3) is 0 Å². The third kappa shape index (κ3) is 30.9. The Bertz CT molecular complexity index is 1120. The first-order chi connectivity index (χ1) is 29.4. The van der Waals surface area contributed by atoms with Crippen molar-refractivity contribution >= 4 is 11.8 Å². The van der Waals surface area contributed by atoms with Gasteiger partial charge in [0, 0.05) is 39.5 Å². The van der Waals surface area contributed by atoms with E-state index in [4.69, 9.17) is 9.47 Å². The first-order valence-electron chi connectivity index (χ1n) is 26.1. The van der Waals surface area contributed by atoms with Crippen LogP contribution in [0.5, 0.6) is 0 Å². The van der Waals surface area contributed by atoms with E-state index in [1.807, 2.05) is 0 Å². The van der Waals surface area contributed by atoms with Crippen molar-refractivity contribution in [2.45, 2.75) is 234 Å². The Morgan fingerprint density at radius 3 is 1.25 bits per heavy atom. The van der Waals surface area contributed by atoms with Crippen LogP contribution in [0.15, 0.2) is 18.2 Å². The molecular formula is C53H99N3O4. The Labute approximate surface area is 372 Å². The summed E-state index contributed by atoms with van der Waals surface area (Å²) in [7, 11) is 0. The Balaban J connectivity index is 2.42. The second kappa shape index (κ2) is 41.0. The molecule has 60 heavy (non-hydrogen) atoms. The van der Waals surface area contributed by atoms with Crippen molar-refractivity contribution < 1.29 is 19.1 Å². The van der Waals surface area contributed by atoms with Crippen LogP contribution in [-0.4, -0.2) is 56.3 Å². The van der Waals surface area contributed by atoms with Gasteiger partial charge < -0.3 is 20.1 Å². The van der Waals surface area contributed by atoms with Crippen molar-refractivity contribution in [2.24, 2.45) is 23.7 Å². The number of hydrogen-bond acceptors (Lipinski definition) is 5. The first kappa shape index (κ1) is 56.0. The van der Waals surface area contributed by atoms with Crippen molar-refractivity contribution in [1.82, 2.24) is 15.6 Å². The van der Waals surface area contributed by atoms with Gasteiger partial charge in [0.15, 0.2) is 0 Å². The lowest BCUT2D eigenvalue weighted by Crippen LogP contribution is -2.29. The number of aromatic nitrogens is 1. The summed E-state index contributed by atoms with van der Waals surface area (Å²) < 4.78 is 12.4. The van der Waals surface area contributed by atoms with Crippen LogP contribution in [0.2, 0.25) is 0 Å². The number of amides is 2. The number of nitrogens with one attached hydrogen (secondary N) is 2. The summed E-state index contributed by atoms with van der Waals surface area (Å²) in [5.41, 5.74) is 0.529. The summed E-state index contributed by atoms with van der Waals surface area (Å²) in [6.45, 7) is 17.9. The first-order valence-corrected chi connectivity index (χ1v) is 26.1. The van der Waals surface area contributed by atoms with E-state index in [-0.39, 0.29) is 23.2 Å². The molecule has 1 aromatic rings. The molecule has 0 bridgehead atoms. The molecule has 7 heteroatoms. The van der Waals surface area contributed by atoms with Crippen molar-refractivity contribution in [3.05, 3.63) is 29.6 Å². The number of unbranched alkanes of at least 4 members (excludes halogenated alkanes) is 20. The van der Waals surface area contributed by atoms with Gasteiger partial charge >= 0.3 is 0 Å². The normalized spacial score (nSPS) is 13.6. The van der Waals surface area contributed by atoms with Crippen LogP contribution in [0.3, 0.4) is 0 Å². The zero-order valence-electron chi connectivity index (χ0n) is 40.6. The molecule has 0 aromatic carbocycles. The Morgan fingerprint density at radius 2 is 0.833 bits per heavy atom. The van der Waals surface area contributed by atoms with E-state index in [0.29, 0.717) is 50.0 Å². The standard InChI is InChI=1S/C53H99N3O4/c1-7-11-15-19-22-23-26-30-37-48(36-29-25-21-17-13-9-3)44-59-42-32-40-54-52(57)50-38-31-39-51(56-50)53(58)55-41-33-43-60-45-49(46(5)34-27-18-14-10-4)47(6)35-28-24-20-16-12-8-2/h31,38-39,46-49H,7-30,32-37,40-45H2,1-6H3,(H,54,57)(H,55,58). The van der Waals surface area contributed by atoms with E-state index in [1.165, 1.54) is 180 Å². The van der Waals surface area contributed by atoms with Gasteiger partial charge in [-0.25, -0.2) is 4.98 Å². The molecule has 1 aromatic heterocycles. The smallest absolute Gasteiger partial charge is 0.269 e. The van der Waals surface area contributed by atoms with Gasteiger partial charge in [-0.3, -0.25) is 9.59 Å². The van der Waals surface area contributed by atoms with Crippen LogP contribution in [0, 0.1) is 23.7 Å². The van der Waals surface area contributed by atoms with E-state index < -0.39 is 0 Å². The highest BCUT2D eigenvalue weighted by atomic mass is 16.5. The van der Waals surface area contributed by atoms with Gasteiger partial charge in [-0.1, -0.05) is 215 Å². The lowest BCUT2D eigenvalue weighted by atomic mass is 9.79. The molecule has 350 valence electrons. The van der Waals surface area contributed by atoms with E-state index in [1.54, 1.807) is 18.2 Å². The third-order valence-electron chi connectivity index (χ3n) is 12.8. The van der Waals surface area contributed by atoms with Gasteiger partial charge in [-0.2, -0.15) is 0 Å². The predicted octanol–water partition coefficient (Wildman–Crippen LogP) is 14.9. The van der Waals surface area contributed by atoms with Crippen molar-refractivity contribution in [3.8, 4) is 0 Å². The number of rotatable bonds is 44. The minimum Gasteiger partial charge on any atom is -0.381 e. The molecule has 4 unspecified atom stereocenters. The Kier molecular flexibility index (Phi) is 38.3. The van der Waals surface area contributed by atoms with Crippen LogP contribution in [0.1, 0.15) is 255 Å². The number of pyridine rings is 1. The fourth-order valence-corrected chi connectivity index (χ4v) is 8.64. The van der Waals surface area contributed by atoms with Crippen LogP contribution < -0.4 is 10.6 Å². The second-order valence-electron chi connectivity index (χ2n) is 18.5. The monoisotopic (exact) mass is 842 g/mol. The lowest BCUT2D eigenvalue weighted by molar-refractivity contribution is 0.0495. The van der Waals surface area contributed by atoms with Gasteiger partial charge in [-0.15, -0.1) is 0 Å². The van der Waals surface area contributed by atoms with Gasteiger partial charge in [0.25, 0.3) is 11.8 Å².